The molecule has 0 spiro atoms. The summed E-state index contributed by atoms with van der Waals surface area (Å²) in [5, 5.41) is 14.1. The van der Waals surface area contributed by atoms with Gasteiger partial charge in [-0.25, -0.2) is 0 Å². The standard InChI is InChI=1S/C16H22N2O2/c1-16(2,3)17-10-12(19)11-18-9-8-15(20)13-6-4-5-7-14(13)18/h4-9,12,17,19H,10-11H2,1-3H3. The number of hydrogen-bond acceptors (Lipinski definition) is 3. The normalized spacial score (nSPS) is 13.6. The van der Waals surface area contributed by atoms with Crippen molar-refractivity contribution in [2.24, 2.45) is 0 Å². The second-order valence-electron chi connectivity index (χ2n) is 6.13. The van der Waals surface area contributed by atoms with Crippen molar-refractivity contribution in [3.05, 3.63) is 46.8 Å². The van der Waals surface area contributed by atoms with Crippen molar-refractivity contribution >= 4 is 10.9 Å². The van der Waals surface area contributed by atoms with Crippen LogP contribution in [0.1, 0.15) is 20.8 Å². The molecule has 0 saturated carbocycles. The number of β-amino-alcohol motifs (C(OH)–C–C–N with tert-alkyl or cyclic N) is 1. The van der Waals surface area contributed by atoms with Gasteiger partial charge in [0.1, 0.15) is 0 Å². The highest BCUT2D eigenvalue weighted by atomic mass is 16.3. The number of benzene rings is 1. The number of pyridine rings is 1. The van der Waals surface area contributed by atoms with Gasteiger partial charge in [0.05, 0.1) is 11.6 Å². The summed E-state index contributed by atoms with van der Waals surface area (Å²) in [6.07, 6.45) is 1.24. The van der Waals surface area contributed by atoms with Crippen LogP contribution in [0.3, 0.4) is 0 Å². The summed E-state index contributed by atoms with van der Waals surface area (Å²) in [6, 6.07) is 9.02. The Kier molecular flexibility index (Phi) is 4.26. The summed E-state index contributed by atoms with van der Waals surface area (Å²) in [5.74, 6) is 0. The Morgan fingerprint density at radius 2 is 1.95 bits per heavy atom. The Morgan fingerprint density at radius 3 is 2.65 bits per heavy atom. The molecule has 0 amide bonds. The molecule has 0 fully saturated rings. The van der Waals surface area contributed by atoms with E-state index in [9.17, 15) is 9.90 Å². The number of rotatable bonds is 4. The number of aliphatic hydroxyl groups excluding tert-OH is 1. The topological polar surface area (TPSA) is 54.3 Å². The summed E-state index contributed by atoms with van der Waals surface area (Å²) in [5.41, 5.74) is 0.848. The van der Waals surface area contributed by atoms with Gasteiger partial charge in [0.15, 0.2) is 5.43 Å². The average Bonchev–Trinajstić information content (AvgIpc) is 2.39. The van der Waals surface area contributed by atoms with Gasteiger partial charge in [-0.1, -0.05) is 12.1 Å². The second kappa shape index (κ2) is 5.77. The Morgan fingerprint density at radius 1 is 1.25 bits per heavy atom. The fraction of sp³-hybridized carbons (Fsp3) is 0.438. The minimum absolute atomic E-state index is 0.0131. The molecule has 4 nitrogen and oxygen atoms in total. The van der Waals surface area contributed by atoms with E-state index in [-0.39, 0.29) is 11.0 Å². The maximum absolute atomic E-state index is 11.8. The van der Waals surface area contributed by atoms with Crippen LogP contribution in [0.5, 0.6) is 0 Å². The summed E-state index contributed by atoms with van der Waals surface area (Å²) >= 11 is 0. The number of nitrogens with one attached hydrogen (secondary N) is 1. The molecule has 0 saturated heterocycles. The number of para-hydroxylation sites is 1. The number of aliphatic hydroxyl groups is 1. The Balaban J connectivity index is 2.18. The molecule has 1 unspecified atom stereocenters. The van der Waals surface area contributed by atoms with E-state index in [1.54, 1.807) is 12.3 Å². The smallest absolute Gasteiger partial charge is 0.189 e. The van der Waals surface area contributed by atoms with Crippen LogP contribution in [0.4, 0.5) is 0 Å². The van der Waals surface area contributed by atoms with E-state index >= 15 is 0 Å². The molecule has 2 aromatic rings. The zero-order valence-electron chi connectivity index (χ0n) is 12.3. The van der Waals surface area contributed by atoms with Crippen LogP contribution in [0.15, 0.2) is 41.3 Å². The van der Waals surface area contributed by atoms with Crippen molar-refractivity contribution in [1.82, 2.24) is 9.88 Å². The molecule has 0 bridgehead atoms. The average molecular weight is 274 g/mol. The van der Waals surface area contributed by atoms with E-state index in [0.717, 1.165) is 5.52 Å². The zero-order chi connectivity index (χ0) is 14.8. The minimum atomic E-state index is -0.500. The van der Waals surface area contributed by atoms with Gasteiger partial charge >= 0.3 is 0 Å². The van der Waals surface area contributed by atoms with Gasteiger partial charge in [-0.15, -0.1) is 0 Å². The molecule has 0 aliphatic heterocycles. The Bertz CT molecular complexity index is 641. The van der Waals surface area contributed by atoms with Crippen molar-refractivity contribution in [3.8, 4) is 0 Å². The SMILES string of the molecule is CC(C)(C)NCC(O)Cn1ccc(=O)c2ccccc21. The lowest BCUT2D eigenvalue weighted by Gasteiger charge is -2.23. The van der Waals surface area contributed by atoms with Crippen LogP contribution >= 0.6 is 0 Å². The quantitative estimate of drug-likeness (QED) is 0.893. The first kappa shape index (κ1) is 14.8. The molecular weight excluding hydrogens is 252 g/mol. The Hall–Kier alpha value is -1.65. The van der Waals surface area contributed by atoms with Gasteiger partial charge in [-0.3, -0.25) is 4.79 Å². The second-order valence-corrected chi connectivity index (χ2v) is 6.13. The molecule has 1 aromatic carbocycles. The van der Waals surface area contributed by atoms with E-state index < -0.39 is 6.10 Å². The molecule has 1 heterocycles. The van der Waals surface area contributed by atoms with Crippen LogP contribution in [-0.4, -0.2) is 27.9 Å². The minimum Gasteiger partial charge on any atom is -0.390 e. The molecule has 108 valence electrons. The first-order valence-electron chi connectivity index (χ1n) is 6.88. The molecule has 4 heteroatoms. The van der Waals surface area contributed by atoms with Crippen LogP contribution < -0.4 is 10.7 Å². The van der Waals surface area contributed by atoms with E-state index in [4.69, 9.17) is 0 Å². The van der Waals surface area contributed by atoms with Crippen LogP contribution in [-0.2, 0) is 6.54 Å². The molecule has 20 heavy (non-hydrogen) atoms. The summed E-state index contributed by atoms with van der Waals surface area (Å²) in [7, 11) is 0. The third kappa shape index (κ3) is 3.68. The molecule has 2 rings (SSSR count). The zero-order valence-corrected chi connectivity index (χ0v) is 12.3. The lowest BCUT2D eigenvalue weighted by Crippen LogP contribution is -2.42. The van der Waals surface area contributed by atoms with Gasteiger partial charge in [0.2, 0.25) is 0 Å². The molecular formula is C16H22N2O2. The highest BCUT2D eigenvalue weighted by Crippen LogP contribution is 2.10. The number of aromatic nitrogens is 1. The van der Waals surface area contributed by atoms with E-state index in [0.29, 0.717) is 18.5 Å². The Labute approximate surface area is 119 Å². The van der Waals surface area contributed by atoms with E-state index in [2.05, 4.69) is 26.1 Å². The van der Waals surface area contributed by atoms with Crippen molar-refractivity contribution in [2.75, 3.05) is 6.54 Å². The molecule has 0 radical (unpaired) electrons. The van der Waals surface area contributed by atoms with Gasteiger partial charge in [0, 0.05) is 36.3 Å². The van der Waals surface area contributed by atoms with Crippen LogP contribution in [0, 0.1) is 0 Å². The maximum atomic E-state index is 11.8. The molecule has 2 N–H and O–H groups in total. The van der Waals surface area contributed by atoms with Gasteiger partial charge in [-0.05, 0) is 32.9 Å². The van der Waals surface area contributed by atoms with Crippen molar-refractivity contribution in [3.63, 3.8) is 0 Å². The summed E-state index contributed by atoms with van der Waals surface area (Å²) in [4.78, 5) is 11.8. The fourth-order valence-electron chi connectivity index (χ4n) is 2.14. The number of fused-ring (bicyclic) bond motifs is 1. The van der Waals surface area contributed by atoms with Crippen molar-refractivity contribution < 1.29 is 5.11 Å². The van der Waals surface area contributed by atoms with Crippen LogP contribution in [0.2, 0.25) is 0 Å². The van der Waals surface area contributed by atoms with Crippen LogP contribution in [0.25, 0.3) is 10.9 Å². The summed E-state index contributed by atoms with van der Waals surface area (Å²) in [6.45, 7) is 7.17. The molecule has 1 aromatic heterocycles. The fourth-order valence-corrected chi connectivity index (χ4v) is 2.14. The first-order chi connectivity index (χ1) is 9.37. The first-order valence-corrected chi connectivity index (χ1v) is 6.88. The highest BCUT2D eigenvalue weighted by molar-refractivity contribution is 5.78. The third-order valence-corrected chi connectivity index (χ3v) is 3.16. The van der Waals surface area contributed by atoms with Crippen molar-refractivity contribution in [2.45, 2.75) is 39.0 Å². The maximum Gasteiger partial charge on any atom is 0.189 e. The van der Waals surface area contributed by atoms with Crippen molar-refractivity contribution in [1.29, 1.82) is 0 Å². The summed E-state index contributed by atoms with van der Waals surface area (Å²) < 4.78 is 1.92. The predicted molar refractivity (Wildman–Crippen MR) is 82.0 cm³/mol. The lowest BCUT2D eigenvalue weighted by atomic mass is 10.1. The predicted octanol–water partition coefficient (Wildman–Crippen LogP) is 1.75. The van der Waals surface area contributed by atoms with Gasteiger partial charge in [-0.2, -0.15) is 0 Å². The number of hydrogen-bond donors (Lipinski definition) is 2. The highest BCUT2D eigenvalue weighted by Gasteiger charge is 2.13. The van der Waals surface area contributed by atoms with Gasteiger partial charge < -0.3 is 15.0 Å². The van der Waals surface area contributed by atoms with E-state index in [1.165, 1.54) is 0 Å². The number of nitrogens with zero attached hydrogens (tertiary/aromatic N) is 1. The monoisotopic (exact) mass is 274 g/mol. The largest absolute Gasteiger partial charge is 0.390 e. The van der Waals surface area contributed by atoms with E-state index in [1.807, 2.05) is 28.8 Å². The lowest BCUT2D eigenvalue weighted by molar-refractivity contribution is 0.143. The molecule has 0 aliphatic rings. The molecule has 1 atom stereocenters. The third-order valence-electron chi connectivity index (χ3n) is 3.16. The molecule has 0 aliphatic carbocycles. The van der Waals surface area contributed by atoms with Gasteiger partial charge in [0.25, 0.3) is 0 Å².